The molecule has 2 N–H and O–H groups in total. The number of nitro groups is 1. The highest BCUT2D eigenvalue weighted by Gasteiger charge is 2.14. The molecular weight excluding hydrogens is 258 g/mol. The summed E-state index contributed by atoms with van der Waals surface area (Å²) < 4.78 is 0. The van der Waals surface area contributed by atoms with Gasteiger partial charge in [0.05, 0.1) is 11.0 Å². The monoisotopic (exact) mass is 272 g/mol. The Morgan fingerprint density at radius 3 is 2.75 bits per heavy atom. The van der Waals surface area contributed by atoms with Crippen molar-refractivity contribution in [3.05, 3.63) is 58.3 Å². The van der Waals surface area contributed by atoms with Crippen LogP contribution in [0.15, 0.2) is 36.5 Å². The van der Waals surface area contributed by atoms with Gasteiger partial charge in [0.25, 0.3) is 0 Å². The SMILES string of the molecule is CC(O)Cc1ccc(Nc2nc[c]cc2[N+](=O)[O-])cc1. The Morgan fingerprint density at radius 2 is 2.15 bits per heavy atom. The highest BCUT2D eigenvalue weighted by atomic mass is 16.6. The summed E-state index contributed by atoms with van der Waals surface area (Å²) in [5, 5.41) is 23.1. The predicted octanol–water partition coefficient (Wildman–Crippen LogP) is 2.46. The van der Waals surface area contributed by atoms with Gasteiger partial charge in [-0.05, 0) is 31.0 Å². The van der Waals surface area contributed by atoms with Gasteiger partial charge < -0.3 is 10.4 Å². The molecule has 0 saturated heterocycles. The number of aliphatic hydroxyl groups is 1. The smallest absolute Gasteiger partial charge is 0.312 e. The zero-order valence-corrected chi connectivity index (χ0v) is 10.9. The topological polar surface area (TPSA) is 88.3 Å². The largest absolute Gasteiger partial charge is 0.393 e. The number of nitrogens with one attached hydrogen (secondary N) is 1. The molecule has 103 valence electrons. The Labute approximate surface area is 116 Å². The maximum Gasteiger partial charge on any atom is 0.312 e. The first-order valence-electron chi connectivity index (χ1n) is 6.11. The van der Waals surface area contributed by atoms with Gasteiger partial charge in [-0.1, -0.05) is 12.1 Å². The van der Waals surface area contributed by atoms with Crippen LogP contribution in [0.4, 0.5) is 17.2 Å². The van der Waals surface area contributed by atoms with Crippen molar-refractivity contribution in [3.63, 3.8) is 0 Å². The molecule has 0 aliphatic heterocycles. The van der Waals surface area contributed by atoms with Gasteiger partial charge in [-0.2, -0.15) is 0 Å². The summed E-state index contributed by atoms with van der Waals surface area (Å²) in [6.07, 6.45) is 1.54. The van der Waals surface area contributed by atoms with E-state index in [9.17, 15) is 15.2 Å². The van der Waals surface area contributed by atoms with E-state index in [-0.39, 0.29) is 11.5 Å². The van der Waals surface area contributed by atoms with Crippen LogP contribution in [0.25, 0.3) is 0 Å². The molecule has 2 rings (SSSR count). The van der Waals surface area contributed by atoms with Gasteiger partial charge >= 0.3 is 5.69 Å². The standard InChI is InChI=1S/C14H14N3O3/c1-10(18)9-11-4-6-12(7-5-11)16-14-13(17(19)20)3-2-8-15-14/h3-8,10,18H,9H2,1H3,(H,15,16). The molecule has 0 saturated carbocycles. The third-order valence-corrected chi connectivity index (χ3v) is 2.68. The highest BCUT2D eigenvalue weighted by molar-refractivity contribution is 5.65. The van der Waals surface area contributed by atoms with E-state index >= 15 is 0 Å². The third kappa shape index (κ3) is 3.52. The summed E-state index contributed by atoms with van der Waals surface area (Å²) in [6.45, 7) is 1.72. The number of hydrogen-bond acceptors (Lipinski definition) is 5. The molecular formula is C14H14N3O3. The molecule has 1 radical (unpaired) electrons. The Morgan fingerprint density at radius 1 is 1.45 bits per heavy atom. The first-order valence-corrected chi connectivity index (χ1v) is 6.11. The van der Waals surface area contributed by atoms with E-state index in [0.717, 1.165) is 5.56 Å². The molecule has 6 heteroatoms. The van der Waals surface area contributed by atoms with Crippen LogP contribution < -0.4 is 5.32 Å². The molecule has 0 bridgehead atoms. The van der Waals surface area contributed by atoms with Crippen LogP contribution in [0.2, 0.25) is 0 Å². The fourth-order valence-corrected chi connectivity index (χ4v) is 1.79. The molecule has 0 spiro atoms. The number of nitrogens with zero attached hydrogens (tertiary/aromatic N) is 2. The summed E-state index contributed by atoms with van der Waals surface area (Å²) in [5.74, 6) is 0.178. The van der Waals surface area contributed by atoms with Crippen molar-refractivity contribution in [2.45, 2.75) is 19.4 Å². The van der Waals surface area contributed by atoms with Gasteiger partial charge in [-0.25, -0.2) is 4.98 Å². The van der Waals surface area contributed by atoms with E-state index in [0.29, 0.717) is 12.1 Å². The number of aliphatic hydroxyl groups excluding tert-OH is 1. The molecule has 0 aliphatic carbocycles. The van der Waals surface area contributed by atoms with Gasteiger partial charge in [-0.3, -0.25) is 10.1 Å². The van der Waals surface area contributed by atoms with Gasteiger partial charge in [0, 0.05) is 24.0 Å². The van der Waals surface area contributed by atoms with Crippen molar-refractivity contribution < 1.29 is 10.0 Å². The van der Waals surface area contributed by atoms with Crippen LogP contribution >= 0.6 is 0 Å². The average molecular weight is 272 g/mol. The van der Waals surface area contributed by atoms with Crippen molar-refractivity contribution >= 4 is 17.2 Å². The van der Waals surface area contributed by atoms with Gasteiger partial charge in [0.1, 0.15) is 0 Å². The Balaban J connectivity index is 2.16. The number of pyridine rings is 1. The Kier molecular flexibility index (Phi) is 4.27. The minimum absolute atomic E-state index is 0.124. The molecule has 1 aromatic carbocycles. The number of hydrogen-bond donors (Lipinski definition) is 2. The lowest BCUT2D eigenvalue weighted by Crippen LogP contribution is -2.04. The van der Waals surface area contributed by atoms with Crippen LogP contribution in [0, 0.1) is 16.2 Å². The normalized spacial score (nSPS) is 11.9. The minimum Gasteiger partial charge on any atom is -0.393 e. The zero-order valence-electron chi connectivity index (χ0n) is 10.9. The summed E-state index contributed by atoms with van der Waals surface area (Å²) in [5.41, 5.74) is 1.57. The second-order valence-corrected chi connectivity index (χ2v) is 4.44. The second kappa shape index (κ2) is 6.12. The minimum atomic E-state index is -0.506. The molecule has 1 unspecified atom stereocenters. The summed E-state index contributed by atoms with van der Waals surface area (Å²) in [4.78, 5) is 14.3. The number of aromatic nitrogens is 1. The van der Waals surface area contributed by atoms with E-state index in [1.54, 1.807) is 19.1 Å². The molecule has 0 aliphatic rings. The zero-order chi connectivity index (χ0) is 14.5. The average Bonchev–Trinajstić information content (AvgIpc) is 2.41. The first-order chi connectivity index (χ1) is 9.56. The molecule has 1 atom stereocenters. The summed E-state index contributed by atoms with van der Waals surface area (Å²) >= 11 is 0. The lowest BCUT2D eigenvalue weighted by Gasteiger charge is -2.08. The van der Waals surface area contributed by atoms with Gasteiger partial charge in [0.15, 0.2) is 0 Å². The van der Waals surface area contributed by atoms with Crippen molar-refractivity contribution in [2.75, 3.05) is 5.32 Å². The van der Waals surface area contributed by atoms with Crippen LogP contribution in [0.1, 0.15) is 12.5 Å². The Bertz CT molecular complexity index is 597. The maximum atomic E-state index is 10.9. The molecule has 1 aromatic heterocycles. The van der Waals surface area contributed by atoms with Crippen molar-refractivity contribution in [2.24, 2.45) is 0 Å². The second-order valence-electron chi connectivity index (χ2n) is 4.44. The molecule has 0 amide bonds. The Hall–Kier alpha value is -2.47. The molecule has 2 aromatic rings. The van der Waals surface area contributed by atoms with Crippen molar-refractivity contribution in [1.82, 2.24) is 4.98 Å². The van der Waals surface area contributed by atoms with Crippen molar-refractivity contribution in [3.8, 4) is 0 Å². The summed E-state index contributed by atoms with van der Waals surface area (Å²) in [7, 11) is 0. The molecule has 6 nitrogen and oxygen atoms in total. The van der Waals surface area contributed by atoms with Crippen LogP contribution in [-0.4, -0.2) is 21.1 Å². The van der Waals surface area contributed by atoms with Gasteiger partial charge in [-0.15, -0.1) is 0 Å². The highest BCUT2D eigenvalue weighted by Crippen LogP contribution is 2.24. The van der Waals surface area contributed by atoms with Crippen LogP contribution in [0.3, 0.4) is 0 Å². The van der Waals surface area contributed by atoms with Gasteiger partial charge in [0.2, 0.25) is 5.82 Å². The number of rotatable bonds is 5. The third-order valence-electron chi connectivity index (χ3n) is 2.68. The molecule has 20 heavy (non-hydrogen) atoms. The molecule has 1 heterocycles. The quantitative estimate of drug-likeness (QED) is 0.644. The van der Waals surface area contributed by atoms with E-state index in [1.807, 2.05) is 12.1 Å². The fraction of sp³-hybridized carbons (Fsp3) is 0.214. The number of benzene rings is 1. The van der Waals surface area contributed by atoms with Crippen LogP contribution in [-0.2, 0) is 6.42 Å². The molecule has 0 fully saturated rings. The van der Waals surface area contributed by atoms with Crippen LogP contribution in [0.5, 0.6) is 0 Å². The predicted molar refractivity (Wildman–Crippen MR) is 74.8 cm³/mol. The van der Waals surface area contributed by atoms with E-state index in [4.69, 9.17) is 0 Å². The maximum absolute atomic E-state index is 10.9. The lowest BCUT2D eigenvalue weighted by molar-refractivity contribution is -0.384. The van der Waals surface area contributed by atoms with E-state index in [1.165, 1.54) is 12.3 Å². The summed E-state index contributed by atoms with van der Waals surface area (Å²) in [6, 6.07) is 11.2. The van der Waals surface area contributed by atoms with E-state index < -0.39 is 11.0 Å². The van der Waals surface area contributed by atoms with Crippen molar-refractivity contribution in [1.29, 1.82) is 0 Å². The lowest BCUT2D eigenvalue weighted by atomic mass is 10.1. The fourth-order valence-electron chi connectivity index (χ4n) is 1.79. The number of anilines is 2. The first kappa shape index (κ1) is 14.0. The van der Waals surface area contributed by atoms with E-state index in [2.05, 4.69) is 16.4 Å².